The number of aromatic nitrogens is 1. The second kappa shape index (κ2) is 8.99. The summed E-state index contributed by atoms with van der Waals surface area (Å²) in [5.74, 6) is 0.325. The van der Waals surface area contributed by atoms with E-state index < -0.39 is 10.0 Å². The molecule has 1 aromatic heterocycles. The van der Waals surface area contributed by atoms with Gasteiger partial charge in [-0.1, -0.05) is 6.08 Å². The minimum Gasteiger partial charge on any atom is -0.369 e. The molecular formula is C26H27N7O3S+. The standard InChI is InChI=1S/C26H27N7O3S/c1-37(35,36)32-10-6-18(7-11-32)22-15-21-23(5-4-19(16-27)24(21)29-22)31-9-2-3-20(17-31)33-14-13-30-12-8-28-25(30)26(33)34/h4-6,8,12-15,20,29H,2-3,7,9-11,17H2,1H3/q+1. The molecule has 1 aromatic carbocycles. The quantitative estimate of drug-likeness (QED) is 0.625. The van der Waals surface area contributed by atoms with Crippen molar-refractivity contribution < 1.29 is 13.2 Å². The van der Waals surface area contributed by atoms with Crippen LogP contribution in [0, 0.1) is 11.3 Å². The van der Waals surface area contributed by atoms with Crippen LogP contribution in [0.3, 0.4) is 0 Å². The van der Waals surface area contributed by atoms with E-state index in [-0.39, 0.29) is 11.9 Å². The van der Waals surface area contributed by atoms with Crippen molar-refractivity contribution in [2.24, 2.45) is 4.99 Å². The van der Waals surface area contributed by atoms with Gasteiger partial charge in [-0.15, -0.1) is 0 Å². The van der Waals surface area contributed by atoms with Crippen molar-refractivity contribution in [2.75, 3.05) is 37.3 Å². The molecule has 6 rings (SSSR count). The lowest BCUT2D eigenvalue weighted by Crippen LogP contribution is -2.53. The van der Waals surface area contributed by atoms with Crippen molar-refractivity contribution in [3.8, 4) is 6.07 Å². The van der Waals surface area contributed by atoms with Crippen LogP contribution in [0.4, 0.5) is 5.69 Å². The Balaban J connectivity index is 1.30. The number of nitrogens with one attached hydrogen (secondary N) is 1. The van der Waals surface area contributed by atoms with Crippen LogP contribution in [-0.4, -0.2) is 72.8 Å². The highest BCUT2D eigenvalue weighted by molar-refractivity contribution is 7.88. The van der Waals surface area contributed by atoms with Crippen LogP contribution in [0.25, 0.3) is 16.5 Å². The highest BCUT2D eigenvalue weighted by atomic mass is 32.2. The number of aromatic amines is 1. The molecule has 2 aromatic rings. The summed E-state index contributed by atoms with van der Waals surface area (Å²) in [7, 11) is -3.23. The number of sulfonamides is 1. The molecule has 37 heavy (non-hydrogen) atoms. The number of aliphatic imine (C=N–C) groups is 1. The maximum absolute atomic E-state index is 13.1. The Bertz CT molecular complexity index is 1560. The summed E-state index contributed by atoms with van der Waals surface area (Å²) in [5.41, 5.74) is 4.31. The number of carbonyl (C=O) groups is 1. The average molecular weight is 518 g/mol. The first kappa shape index (κ1) is 23.7. The third-order valence-corrected chi connectivity index (χ3v) is 8.76. The maximum atomic E-state index is 13.1. The van der Waals surface area contributed by atoms with Crippen molar-refractivity contribution in [2.45, 2.75) is 25.3 Å². The molecule has 0 saturated carbocycles. The highest BCUT2D eigenvalue weighted by Crippen LogP contribution is 2.35. The van der Waals surface area contributed by atoms with Gasteiger partial charge >= 0.3 is 11.7 Å². The number of anilines is 1. The smallest absolute Gasteiger partial charge is 0.353 e. The van der Waals surface area contributed by atoms with Gasteiger partial charge in [0.15, 0.2) is 12.4 Å². The number of nitriles is 1. The minimum absolute atomic E-state index is 0.00934. The fraction of sp³-hybridized carbons (Fsp3) is 0.346. The molecule has 4 aliphatic rings. The number of hydrogen-bond donors (Lipinski definition) is 1. The van der Waals surface area contributed by atoms with Gasteiger partial charge in [0.05, 0.1) is 35.8 Å². The lowest BCUT2D eigenvalue weighted by atomic mass is 10.0. The zero-order valence-corrected chi connectivity index (χ0v) is 21.3. The fourth-order valence-electron chi connectivity index (χ4n) is 5.56. The molecule has 0 aliphatic carbocycles. The molecule has 1 fully saturated rings. The first-order chi connectivity index (χ1) is 17.8. The summed E-state index contributed by atoms with van der Waals surface area (Å²) >= 11 is 0. The molecule has 4 aliphatic heterocycles. The van der Waals surface area contributed by atoms with Gasteiger partial charge < -0.3 is 9.88 Å². The topological polar surface area (TPSA) is 119 Å². The molecule has 11 heteroatoms. The number of benzene rings is 1. The van der Waals surface area contributed by atoms with Crippen molar-refractivity contribution in [1.82, 2.24) is 19.1 Å². The molecule has 0 spiro atoms. The van der Waals surface area contributed by atoms with Gasteiger partial charge in [0, 0.05) is 42.9 Å². The normalized spacial score (nSPS) is 22.8. The van der Waals surface area contributed by atoms with Crippen LogP contribution in [0.1, 0.15) is 30.5 Å². The summed E-state index contributed by atoms with van der Waals surface area (Å²) in [5, 5.41) is 10.7. The van der Waals surface area contributed by atoms with Gasteiger partial charge in [0.25, 0.3) is 0 Å². The maximum Gasteiger partial charge on any atom is 0.353 e. The first-order valence-electron chi connectivity index (χ1n) is 12.3. The minimum atomic E-state index is -3.23. The van der Waals surface area contributed by atoms with Crippen LogP contribution in [0.5, 0.6) is 0 Å². The number of piperidine rings is 1. The Morgan fingerprint density at radius 1 is 1.24 bits per heavy atom. The summed E-state index contributed by atoms with van der Waals surface area (Å²) in [6.45, 7) is 2.29. The van der Waals surface area contributed by atoms with Gasteiger partial charge in [0.1, 0.15) is 6.07 Å². The zero-order chi connectivity index (χ0) is 25.7. The number of rotatable bonds is 4. The largest absolute Gasteiger partial charge is 0.369 e. The van der Waals surface area contributed by atoms with E-state index in [0.29, 0.717) is 37.5 Å². The number of nitrogens with zero attached hydrogens (tertiary/aromatic N) is 6. The molecular weight excluding hydrogens is 490 g/mol. The van der Waals surface area contributed by atoms with E-state index in [1.54, 1.807) is 22.2 Å². The summed E-state index contributed by atoms with van der Waals surface area (Å²) in [6.07, 6.45) is 12.7. The molecule has 1 atom stereocenters. The summed E-state index contributed by atoms with van der Waals surface area (Å²) < 4.78 is 25.3. The van der Waals surface area contributed by atoms with E-state index in [0.717, 1.165) is 47.2 Å². The summed E-state index contributed by atoms with van der Waals surface area (Å²) in [6, 6.07) is 8.19. The van der Waals surface area contributed by atoms with E-state index in [9.17, 15) is 18.5 Å². The fourth-order valence-corrected chi connectivity index (χ4v) is 6.32. The molecule has 1 saturated heterocycles. The van der Waals surface area contributed by atoms with Gasteiger partial charge in [-0.2, -0.15) is 14.6 Å². The SMILES string of the molecule is CS(=O)(=O)N1CC=C(c2cc3c(N4CCCC(N5C=C[N+]6C=CN=C6C5=O)C4)ccc(C#N)c3[nH]2)CC1. The highest BCUT2D eigenvalue weighted by Gasteiger charge is 2.41. The van der Waals surface area contributed by atoms with Crippen molar-refractivity contribution in [1.29, 1.82) is 5.26 Å². The monoisotopic (exact) mass is 517 g/mol. The van der Waals surface area contributed by atoms with Crippen LogP contribution < -0.4 is 9.80 Å². The lowest BCUT2D eigenvalue weighted by Gasteiger charge is -2.39. The van der Waals surface area contributed by atoms with E-state index in [1.807, 2.05) is 30.6 Å². The van der Waals surface area contributed by atoms with Gasteiger partial charge in [-0.05, 0) is 47.9 Å². The number of amidine groups is 1. The molecule has 1 amide bonds. The van der Waals surface area contributed by atoms with Crippen molar-refractivity contribution in [3.05, 3.63) is 60.3 Å². The van der Waals surface area contributed by atoms with E-state index >= 15 is 0 Å². The molecule has 1 radical (unpaired) electrons. The number of hydrogen-bond acceptors (Lipinski definition) is 7. The number of carbonyl (C=O) groups excluding carboxylic acids is 1. The van der Waals surface area contributed by atoms with Gasteiger partial charge in [-0.25, -0.2) is 8.42 Å². The molecule has 5 heterocycles. The third kappa shape index (κ3) is 4.17. The Morgan fingerprint density at radius 2 is 2.11 bits per heavy atom. The van der Waals surface area contributed by atoms with Crippen LogP contribution >= 0.6 is 0 Å². The average Bonchev–Trinajstić information content (AvgIpc) is 3.56. The number of fused-ring (bicyclic) bond motifs is 2. The van der Waals surface area contributed by atoms with E-state index in [2.05, 4.69) is 27.0 Å². The summed E-state index contributed by atoms with van der Waals surface area (Å²) in [4.78, 5) is 26.5. The van der Waals surface area contributed by atoms with Crippen LogP contribution in [0.2, 0.25) is 0 Å². The molecule has 1 unspecified atom stereocenters. The Kier molecular flexibility index (Phi) is 5.75. The second-order valence-electron chi connectivity index (χ2n) is 9.73. The van der Waals surface area contributed by atoms with Crippen LogP contribution in [-0.2, 0) is 14.8 Å². The van der Waals surface area contributed by atoms with Gasteiger partial charge in [-0.3, -0.25) is 9.69 Å². The lowest BCUT2D eigenvalue weighted by molar-refractivity contribution is -0.124. The number of amides is 1. The molecule has 1 N–H and O–H groups in total. The Labute approximate surface area is 215 Å². The third-order valence-electron chi connectivity index (χ3n) is 7.49. The Morgan fingerprint density at radius 3 is 2.86 bits per heavy atom. The van der Waals surface area contributed by atoms with E-state index in [1.165, 1.54) is 10.6 Å². The van der Waals surface area contributed by atoms with Crippen molar-refractivity contribution in [3.63, 3.8) is 0 Å². The molecule has 10 nitrogen and oxygen atoms in total. The predicted octanol–water partition coefficient (Wildman–Crippen LogP) is 2.39. The first-order valence-corrected chi connectivity index (χ1v) is 14.2. The molecule has 0 bridgehead atoms. The second-order valence-corrected chi connectivity index (χ2v) is 11.7. The zero-order valence-electron chi connectivity index (χ0n) is 20.5. The van der Waals surface area contributed by atoms with Gasteiger partial charge in [0.2, 0.25) is 10.0 Å². The Hall–Kier alpha value is -3.72. The number of H-pyrrole nitrogens is 1. The molecule has 189 valence electrons. The van der Waals surface area contributed by atoms with Crippen LogP contribution in [0.15, 0.2) is 54.1 Å². The van der Waals surface area contributed by atoms with E-state index in [4.69, 9.17) is 0 Å². The predicted molar refractivity (Wildman–Crippen MR) is 142 cm³/mol. The van der Waals surface area contributed by atoms with Crippen molar-refractivity contribution >= 4 is 43.9 Å².